The van der Waals surface area contributed by atoms with Gasteiger partial charge in [-0.25, -0.2) is 4.98 Å². The minimum absolute atomic E-state index is 0. The number of nitrogens with two attached hydrogens (primary N) is 1. The molecule has 0 spiro atoms. The molecule has 11 aromatic carbocycles. The Morgan fingerprint density at radius 1 is 0.293 bits per heavy atom. The first-order valence-electron chi connectivity index (χ1n) is 25.2. The van der Waals surface area contributed by atoms with E-state index in [-0.39, 0.29) is 7.43 Å². The lowest BCUT2D eigenvalue weighted by Gasteiger charge is -2.18. The third kappa shape index (κ3) is 16.3. The molecule has 0 amide bonds. The van der Waals surface area contributed by atoms with Crippen molar-refractivity contribution in [3.05, 3.63) is 383 Å². The Labute approximate surface area is 450 Å². The molecule has 0 saturated carbocycles. The third-order valence-electron chi connectivity index (χ3n) is 12.5. The summed E-state index contributed by atoms with van der Waals surface area (Å²) in [6, 6.07) is 112. The Kier molecular flexibility index (Phi) is 21.3. The number of hydrogen-bond acceptors (Lipinski definition) is 3. The molecule has 0 unspecified atom stereocenters. The molecule has 0 radical (unpaired) electrons. The van der Waals surface area contributed by atoms with Crippen LogP contribution in [0.25, 0.3) is 10.2 Å². The van der Waals surface area contributed by atoms with Gasteiger partial charge >= 0.3 is 0 Å². The normalized spacial score (nSPS) is 10.2. The van der Waals surface area contributed by atoms with Crippen LogP contribution in [0.2, 0.25) is 0 Å². The Bertz CT molecular complexity index is 2760. The maximum Gasteiger partial charge on any atom is 0.0812 e. The first-order chi connectivity index (χ1) is 36.6. The number of benzene rings is 11. The summed E-state index contributed by atoms with van der Waals surface area (Å²) in [5.74, 6) is 0.927. The first-order valence-corrected chi connectivity index (χ1v) is 26.0. The van der Waals surface area contributed by atoms with Gasteiger partial charge in [0.05, 0.1) is 15.7 Å². The van der Waals surface area contributed by atoms with Crippen LogP contribution in [0.3, 0.4) is 0 Å². The molecule has 1 aromatic heterocycles. The van der Waals surface area contributed by atoms with Crippen molar-refractivity contribution in [2.45, 2.75) is 32.1 Å². The highest BCUT2D eigenvalue weighted by Crippen LogP contribution is 2.34. The quantitative estimate of drug-likeness (QED) is 0.116. The van der Waals surface area contributed by atoms with E-state index in [0.29, 0.717) is 17.8 Å². The average molecular weight is 991 g/mol. The van der Waals surface area contributed by atoms with Crippen molar-refractivity contribution < 1.29 is 0 Å². The molecule has 0 aliphatic carbocycles. The van der Waals surface area contributed by atoms with Crippen LogP contribution < -0.4 is 5.73 Å². The minimum atomic E-state index is 0. The van der Waals surface area contributed by atoms with Crippen molar-refractivity contribution in [3.63, 3.8) is 0 Å². The summed E-state index contributed by atoms with van der Waals surface area (Å²) in [7, 11) is 0. The zero-order valence-corrected chi connectivity index (χ0v) is 42.7. The maximum atomic E-state index is 5.46. The second kappa shape index (κ2) is 29.6. The standard InChI is InChI=1S/3C19H16.C7H5NS.C7H9N.CH4/c3*1-4-10-16(11-5-1)19(17-12-6-2-7-13-17)18-14-8-3-9-15-18;1-2-4-7-6(3-1)8-5-9-7;1-6-3-2-4-7(8)5-6;/h3*1-15,19H;1-5H;2-5H,8H2,1H3;1H4. The van der Waals surface area contributed by atoms with Gasteiger partial charge in [-0.05, 0) is 86.8 Å². The SMILES string of the molecule is C.Cc1cccc(N)c1.c1ccc(C(c2ccccc2)c2ccccc2)cc1.c1ccc(C(c2ccccc2)c2ccccc2)cc1.c1ccc(C(c2ccccc2)c2ccccc2)cc1.c1ccc2scnc2c1. The fraction of sp³-hybridized carbons (Fsp3) is 0.0694. The number of aryl methyl sites for hydroxylation is 1. The molecule has 0 saturated heterocycles. The van der Waals surface area contributed by atoms with Crippen LogP contribution in [0.4, 0.5) is 5.69 Å². The van der Waals surface area contributed by atoms with Gasteiger partial charge in [0.25, 0.3) is 0 Å². The van der Waals surface area contributed by atoms with Gasteiger partial charge in [0.15, 0.2) is 0 Å². The van der Waals surface area contributed by atoms with E-state index < -0.39 is 0 Å². The van der Waals surface area contributed by atoms with Gasteiger partial charge in [0, 0.05) is 23.4 Å². The van der Waals surface area contributed by atoms with Gasteiger partial charge in [-0.1, -0.05) is 305 Å². The third-order valence-corrected chi connectivity index (χ3v) is 13.3. The monoisotopic (exact) mass is 990 g/mol. The van der Waals surface area contributed by atoms with E-state index in [0.717, 1.165) is 11.2 Å². The van der Waals surface area contributed by atoms with Crippen LogP contribution in [0.5, 0.6) is 0 Å². The van der Waals surface area contributed by atoms with Crippen LogP contribution in [0.15, 0.2) is 327 Å². The molecule has 0 bridgehead atoms. The van der Waals surface area contributed by atoms with Crippen molar-refractivity contribution in [2.75, 3.05) is 5.73 Å². The highest BCUT2D eigenvalue weighted by molar-refractivity contribution is 7.16. The second-order valence-corrected chi connectivity index (χ2v) is 18.6. The van der Waals surface area contributed by atoms with Gasteiger partial charge in [0.1, 0.15) is 0 Å². The van der Waals surface area contributed by atoms with E-state index in [2.05, 4.69) is 284 Å². The topological polar surface area (TPSA) is 38.9 Å². The smallest absolute Gasteiger partial charge is 0.0812 e. The summed E-state index contributed by atoms with van der Waals surface area (Å²) in [4.78, 5) is 4.14. The Hall–Kier alpha value is -8.89. The van der Waals surface area contributed by atoms with Crippen molar-refractivity contribution in [1.82, 2.24) is 4.98 Å². The number of nitrogens with zero attached hydrogens (tertiary/aromatic N) is 1. The fourth-order valence-electron chi connectivity index (χ4n) is 9.01. The summed E-state index contributed by atoms with van der Waals surface area (Å²) in [5, 5.41) is 0. The summed E-state index contributed by atoms with van der Waals surface area (Å²) in [6.07, 6.45) is 0. The molecule has 75 heavy (non-hydrogen) atoms. The number of aromatic nitrogens is 1. The highest BCUT2D eigenvalue weighted by atomic mass is 32.1. The minimum Gasteiger partial charge on any atom is -0.399 e. The molecule has 1 heterocycles. The predicted octanol–water partition coefficient (Wildman–Crippen LogP) is 19.1. The summed E-state index contributed by atoms with van der Waals surface area (Å²) >= 11 is 1.68. The molecule has 2 N–H and O–H groups in total. The average Bonchev–Trinajstić information content (AvgIpc) is 3.96. The van der Waals surface area contributed by atoms with Crippen molar-refractivity contribution in [1.29, 1.82) is 0 Å². The van der Waals surface area contributed by atoms with Gasteiger partial charge in [-0.15, -0.1) is 11.3 Å². The Balaban J connectivity index is 0.000000141. The van der Waals surface area contributed by atoms with E-state index in [1.807, 2.05) is 54.9 Å². The molecule has 12 aromatic rings. The number of anilines is 1. The van der Waals surface area contributed by atoms with Gasteiger partial charge in [0.2, 0.25) is 0 Å². The lowest BCUT2D eigenvalue weighted by Crippen LogP contribution is -2.02. The molecule has 3 heteroatoms. The summed E-state index contributed by atoms with van der Waals surface area (Å²) in [6.45, 7) is 2.02. The number of thiazole rings is 1. The molecule has 2 nitrogen and oxygen atoms in total. The number of nitrogen functional groups attached to an aromatic ring is 1. The zero-order chi connectivity index (χ0) is 50.8. The lowest BCUT2D eigenvalue weighted by molar-refractivity contribution is 0.977. The molecule has 0 fully saturated rings. The van der Waals surface area contributed by atoms with E-state index >= 15 is 0 Å². The van der Waals surface area contributed by atoms with Crippen molar-refractivity contribution >= 4 is 27.2 Å². The molecule has 0 atom stereocenters. The Morgan fingerprint density at radius 2 is 0.533 bits per heavy atom. The van der Waals surface area contributed by atoms with E-state index in [9.17, 15) is 0 Å². The van der Waals surface area contributed by atoms with Gasteiger partial charge in [-0.3, -0.25) is 0 Å². The largest absolute Gasteiger partial charge is 0.399 e. The maximum absolute atomic E-state index is 5.46. The zero-order valence-electron chi connectivity index (χ0n) is 41.8. The molecule has 0 aliphatic rings. The number of hydrogen-bond donors (Lipinski definition) is 1. The Morgan fingerprint density at radius 3 is 0.747 bits per heavy atom. The van der Waals surface area contributed by atoms with Crippen molar-refractivity contribution in [3.8, 4) is 0 Å². The highest BCUT2D eigenvalue weighted by Gasteiger charge is 2.18. The van der Waals surface area contributed by atoms with E-state index in [1.165, 1.54) is 60.3 Å². The number of rotatable bonds is 9. The summed E-state index contributed by atoms with van der Waals surface area (Å²) < 4.78 is 1.26. The first kappa shape index (κ1) is 53.9. The van der Waals surface area contributed by atoms with Crippen LogP contribution >= 0.6 is 11.3 Å². The second-order valence-electron chi connectivity index (χ2n) is 17.7. The van der Waals surface area contributed by atoms with E-state index in [4.69, 9.17) is 5.73 Å². The number of fused-ring (bicyclic) bond motifs is 1. The lowest BCUT2D eigenvalue weighted by atomic mass is 9.85. The molecule has 12 rings (SSSR count). The summed E-state index contributed by atoms with van der Waals surface area (Å²) in [5.41, 5.74) is 22.5. The fourth-order valence-corrected chi connectivity index (χ4v) is 9.69. The van der Waals surface area contributed by atoms with Crippen LogP contribution in [0.1, 0.15) is 80.8 Å². The van der Waals surface area contributed by atoms with E-state index in [1.54, 1.807) is 11.3 Å². The van der Waals surface area contributed by atoms with Crippen molar-refractivity contribution in [2.24, 2.45) is 0 Å². The predicted molar refractivity (Wildman–Crippen MR) is 323 cm³/mol. The molecule has 0 aliphatic heterocycles. The van der Waals surface area contributed by atoms with Gasteiger partial charge < -0.3 is 5.73 Å². The van der Waals surface area contributed by atoms with Crippen LogP contribution in [-0.2, 0) is 0 Å². The van der Waals surface area contributed by atoms with Gasteiger partial charge in [-0.2, -0.15) is 0 Å². The molecule has 370 valence electrons. The molecular weight excluding hydrogens is 925 g/mol. The van der Waals surface area contributed by atoms with Crippen LogP contribution in [0, 0.1) is 6.92 Å². The number of para-hydroxylation sites is 1. The van der Waals surface area contributed by atoms with Crippen LogP contribution in [-0.4, -0.2) is 4.98 Å². The molecular formula is C72H66N2S.